The topological polar surface area (TPSA) is 80.4 Å². The lowest BCUT2D eigenvalue weighted by Gasteiger charge is -2.14. The minimum Gasteiger partial charge on any atom is -0.491 e. The molecule has 0 saturated heterocycles. The molecule has 2 aromatic heterocycles. The van der Waals surface area contributed by atoms with E-state index >= 15 is 0 Å². The number of aryl methyl sites for hydroxylation is 1. The highest BCUT2D eigenvalue weighted by molar-refractivity contribution is 5.89. The van der Waals surface area contributed by atoms with E-state index in [1.165, 1.54) is 11.1 Å². The Kier molecular flexibility index (Phi) is 5.84. The zero-order valence-corrected chi connectivity index (χ0v) is 16.2. The lowest BCUT2D eigenvalue weighted by molar-refractivity contribution is 0.106. The largest absolute Gasteiger partial charge is 0.491 e. The number of fused-ring (bicyclic) bond motifs is 1. The number of benzene rings is 2. The highest BCUT2D eigenvalue weighted by atomic mass is 16.5. The lowest BCUT2D eigenvalue weighted by atomic mass is 10.1. The van der Waals surface area contributed by atoms with Crippen LogP contribution in [0.25, 0.3) is 22.4 Å². The molecule has 0 unspecified atom stereocenters. The number of hydrogen-bond donors (Lipinski definition) is 2. The van der Waals surface area contributed by atoms with E-state index in [9.17, 15) is 5.11 Å². The first kappa shape index (κ1) is 19.1. The van der Waals surface area contributed by atoms with Gasteiger partial charge in [0.25, 0.3) is 5.71 Å². The van der Waals surface area contributed by atoms with Gasteiger partial charge in [-0.2, -0.15) is 0 Å². The fourth-order valence-corrected chi connectivity index (χ4v) is 3.06. The summed E-state index contributed by atoms with van der Waals surface area (Å²) in [5, 5.41) is 18.4. The molecule has 0 aliphatic heterocycles. The Morgan fingerprint density at radius 2 is 1.97 bits per heavy atom. The predicted octanol–water partition coefficient (Wildman–Crippen LogP) is 3.73. The predicted molar refractivity (Wildman–Crippen MR) is 112 cm³/mol. The summed E-state index contributed by atoms with van der Waals surface area (Å²) in [7, 11) is 0. The van der Waals surface area contributed by atoms with E-state index in [1.54, 1.807) is 6.20 Å². The second kappa shape index (κ2) is 8.86. The lowest BCUT2D eigenvalue weighted by Crippen LogP contribution is -2.31. The number of nitrogens with zero attached hydrogens (tertiary/aromatic N) is 2. The van der Waals surface area contributed by atoms with Crippen LogP contribution in [0.3, 0.4) is 0 Å². The van der Waals surface area contributed by atoms with Gasteiger partial charge in [-0.05, 0) is 36.8 Å². The second-order valence-electron chi connectivity index (χ2n) is 7.00. The summed E-state index contributed by atoms with van der Waals surface area (Å²) in [6, 6.07) is 19.7. The average Bonchev–Trinajstić information content (AvgIpc) is 3.18. The summed E-state index contributed by atoms with van der Waals surface area (Å²) >= 11 is 0. The van der Waals surface area contributed by atoms with Gasteiger partial charge in [-0.1, -0.05) is 47.1 Å². The zero-order valence-electron chi connectivity index (χ0n) is 16.2. The van der Waals surface area contributed by atoms with Gasteiger partial charge in [0, 0.05) is 24.8 Å². The number of aliphatic hydroxyl groups is 1. The Labute approximate surface area is 169 Å². The molecular formula is C23H23N3O3. The molecular weight excluding hydrogens is 366 g/mol. The highest BCUT2D eigenvalue weighted by Crippen LogP contribution is 2.28. The maximum atomic E-state index is 10.2. The Bertz CT molecular complexity index is 1080. The molecule has 1 atom stereocenters. The van der Waals surface area contributed by atoms with E-state index in [0.717, 1.165) is 16.6 Å². The molecule has 0 aliphatic rings. The van der Waals surface area contributed by atoms with Crippen molar-refractivity contribution >= 4 is 11.1 Å². The molecule has 0 fully saturated rings. The molecule has 4 rings (SSSR count). The molecule has 0 bridgehead atoms. The van der Waals surface area contributed by atoms with E-state index in [-0.39, 0.29) is 6.61 Å². The van der Waals surface area contributed by atoms with Crippen LogP contribution in [-0.2, 0) is 6.54 Å². The van der Waals surface area contributed by atoms with Gasteiger partial charge < -0.3 is 19.7 Å². The summed E-state index contributed by atoms with van der Waals surface area (Å²) < 4.78 is 11.1. The number of aliphatic hydroxyl groups excluding tert-OH is 1. The van der Waals surface area contributed by atoms with Gasteiger partial charge in [0.2, 0.25) is 0 Å². The fraction of sp³-hybridized carbons (Fsp3) is 0.217. The Hall–Kier alpha value is -3.22. The monoisotopic (exact) mass is 389 g/mol. The smallest absolute Gasteiger partial charge is 0.258 e. The standard InChI is InChI=1S/C23H23N3O3/c1-16-7-9-17(10-8-16)13-24-14-19(27)15-28-20-5-2-4-18(12-20)22-21-6-3-11-25-23(21)29-26-22/h2-12,19,24,27H,13-15H2,1H3/t19-/m1/s1. The van der Waals surface area contributed by atoms with Crippen LogP contribution in [0.1, 0.15) is 11.1 Å². The molecule has 0 radical (unpaired) electrons. The third-order valence-corrected chi connectivity index (χ3v) is 4.63. The molecule has 0 spiro atoms. The summed E-state index contributed by atoms with van der Waals surface area (Å²) in [6.07, 6.45) is 1.06. The van der Waals surface area contributed by atoms with Crippen LogP contribution >= 0.6 is 0 Å². The van der Waals surface area contributed by atoms with Crippen LogP contribution in [0, 0.1) is 6.92 Å². The first-order valence-electron chi connectivity index (χ1n) is 9.57. The van der Waals surface area contributed by atoms with Crippen LogP contribution < -0.4 is 10.1 Å². The maximum absolute atomic E-state index is 10.2. The van der Waals surface area contributed by atoms with Crippen molar-refractivity contribution in [2.45, 2.75) is 19.6 Å². The van der Waals surface area contributed by atoms with E-state index in [1.807, 2.05) is 36.4 Å². The molecule has 148 valence electrons. The minimum absolute atomic E-state index is 0.200. The van der Waals surface area contributed by atoms with Crippen molar-refractivity contribution in [1.82, 2.24) is 15.5 Å². The number of aromatic nitrogens is 2. The van der Waals surface area contributed by atoms with Crippen LogP contribution in [0.15, 0.2) is 71.4 Å². The van der Waals surface area contributed by atoms with Crippen LogP contribution in [0.4, 0.5) is 0 Å². The van der Waals surface area contributed by atoms with Crippen molar-refractivity contribution in [2.75, 3.05) is 13.2 Å². The molecule has 2 heterocycles. The van der Waals surface area contributed by atoms with Crippen molar-refractivity contribution in [2.24, 2.45) is 0 Å². The Balaban J connectivity index is 1.32. The summed E-state index contributed by atoms with van der Waals surface area (Å²) in [5.41, 5.74) is 4.52. The number of ether oxygens (including phenoxy) is 1. The van der Waals surface area contributed by atoms with E-state index in [0.29, 0.717) is 24.6 Å². The van der Waals surface area contributed by atoms with Crippen molar-refractivity contribution in [3.8, 4) is 17.0 Å². The van der Waals surface area contributed by atoms with Gasteiger partial charge in [-0.3, -0.25) is 0 Å². The van der Waals surface area contributed by atoms with E-state index in [4.69, 9.17) is 9.26 Å². The van der Waals surface area contributed by atoms with Crippen molar-refractivity contribution < 1.29 is 14.4 Å². The first-order valence-corrected chi connectivity index (χ1v) is 9.57. The van der Waals surface area contributed by atoms with Gasteiger partial charge in [0.15, 0.2) is 0 Å². The SMILES string of the molecule is Cc1ccc(CNC[C@@H](O)COc2cccc(-c3noc4ncccc34)c2)cc1. The third-order valence-electron chi connectivity index (χ3n) is 4.63. The number of hydrogen-bond acceptors (Lipinski definition) is 6. The zero-order chi connectivity index (χ0) is 20.1. The Morgan fingerprint density at radius 3 is 2.83 bits per heavy atom. The van der Waals surface area contributed by atoms with Crippen LogP contribution in [-0.4, -0.2) is 34.5 Å². The van der Waals surface area contributed by atoms with Crippen LogP contribution in [0.5, 0.6) is 5.75 Å². The number of rotatable bonds is 8. The van der Waals surface area contributed by atoms with Crippen molar-refractivity contribution in [3.63, 3.8) is 0 Å². The fourth-order valence-electron chi connectivity index (χ4n) is 3.06. The highest BCUT2D eigenvalue weighted by Gasteiger charge is 2.12. The van der Waals surface area contributed by atoms with Gasteiger partial charge >= 0.3 is 0 Å². The van der Waals surface area contributed by atoms with Gasteiger partial charge in [0.05, 0.1) is 5.39 Å². The first-order chi connectivity index (χ1) is 14.2. The van der Waals surface area contributed by atoms with Crippen molar-refractivity contribution in [1.29, 1.82) is 0 Å². The van der Waals surface area contributed by atoms with Gasteiger partial charge in [0.1, 0.15) is 24.2 Å². The van der Waals surface area contributed by atoms with E-state index < -0.39 is 6.10 Å². The van der Waals surface area contributed by atoms with Crippen molar-refractivity contribution in [3.05, 3.63) is 78.0 Å². The van der Waals surface area contributed by atoms with Gasteiger partial charge in [-0.25, -0.2) is 4.98 Å². The molecule has 2 N–H and O–H groups in total. The number of nitrogens with one attached hydrogen (secondary N) is 1. The average molecular weight is 389 g/mol. The molecule has 4 aromatic rings. The summed E-state index contributed by atoms with van der Waals surface area (Å²) in [4.78, 5) is 4.16. The summed E-state index contributed by atoms with van der Waals surface area (Å²) in [6.45, 7) is 3.42. The Morgan fingerprint density at radius 1 is 1.10 bits per heavy atom. The maximum Gasteiger partial charge on any atom is 0.258 e. The van der Waals surface area contributed by atoms with E-state index in [2.05, 4.69) is 46.6 Å². The molecule has 6 nitrogen and oxygen atoms in total. The van der Waals surface area contributed by atoms with Gasteiger partial charge in [-0.15, -0.1) is 0 Å². The minimum atomic E-state index is -0.610. The normalized spacial score (nSPS) is 12.2. The second-order valence-corrected chi connectivity index (χ2v) is 7.00. The molecule has 2 aromatic carbocycles. The quantitative estimate of drug-likeness (QED) is 0.478. The molecule has 6 heteroatoms. The molecule has 0 aliphatic carbocycles. The molecule has 0 amide bonds. The molecule has 0 saturated carbocycles. The molecule has 29 heavy (non-hydrogen) atoms. The number of pyridine rings is 1. The third kappa shape index (κ3) is 4.80. The summed E-state index contributed by atoms with van der Waals surface area (Å²) in [5.74, 6) is 0.667. The van der Waals surface area contributed by atoms with Crippen LogP contribution in [0.2, 0.25) is 0 Å².